The molecule has 0 fully saturated rings. The number of nitrogens with zero attached hydrogens (tertiary/aromatic N) is 2. The van der Waals surface area contributed by atoms with Gasteiger partial charge < -0.3 is 4.57 Å². The monoisotopic (exact) mass is 346 g/mol. The van der Waals surface area contributed by atoms with E-state index in [4.69, 9.17) is 0 Å². The average Bonchev–Trinajstić information content (AvgIpc) is 3.19. The van der Waals surface area contributed by atoms with E-state index in [-0.39, 0.29) is 5.16 Å². The largest absolute Gasteiger partial charge is 0.326 e. The first-order chi connectivity index (χ1) is 12.3. The lowest BCUT2D eigenvalue weighted by Gasteiger charge is -2.41. The maximum Gasteiger partial charge on any atom is 0.0954 e. The van der Waals surface area contributed by atoms with Crippen LogP contribution in [0.4, 0.5) is 0 Å². The van der Waals surface area contributed by atoms with Crippen molar-refractivity contribution in [3.05, 3.63) is 103 Å². The van der Waals surface area contributed by atoms with E-state index in [1.165, 1.54) is 17.2 Å². The summed E-state index contributed by atoms with van der Waals surface area (Å²) in [6.07, 6.45) is 11.6. The number of benzene rings is 2. The Morgan fingerprint density at radius 3 is 2.08 bits per heavy atom. The molecule has 3 aromatic rings. The molecule has 128 valence electrons. The fourth-order valence-electron chi connectivity index (χ4n) is 3.86. The summed E-state index contributed by atoms with van der Waals surface area (Å²) >= 11 is 0. The molecule has 0 amide bonds. The summed E-state index contributed by atoms with van der Waals surface area (Å²) in [6.45, 7) is 4.59. The minimum Gasteiger partial charge on any atom is -0.326 e. The molecule has 0 aliphatic carbocycles. The standard InChI is InChI=1S/C22H26N2Si/c1-3-4-11-18-25(2)22(24-17-16-23-19-24,20-12-7-5-8-13-20)21-14-9-6-10-15-21/h3-10,12-17,19,25H,11,18H2,1-2H3. The lowest BCUT2D eigenvalue weighted by atomic mass is 9.97. The van der Waals surface area contributed by atoms with Crippen LogP contribution in [0, 0.1) is 0 Å². The molecule has 25 heavy (non-hydrogen) atoms. The minimum atomic E-state index is -1.26. The SMILES string of the molecule is CC=CCC[SiH](C)C(c1ccccc1)(c1ccccc1)n1ccnc1. The lowest BCUT2D eigenvalue weighted by molar-refractivity contribution is 0.580. The summed E-state index contributed by atoms with van der Waals surface area (Å²) in [7, 11) is -1.26. The van der Waals surface area contributed by atoms with Gasteiger partial charge in [-0.05, 0) is 24.5 Å². The topological polar surface area (TPSA) is 17.8 Å². The maximum atomic E-state index is 4.39. The zero-order valence-corrected chi connectivity index (χ0v) is 16.2. The first-order valence-corrected chi connectivity index (χ1v) is 11.6. The molecule has 0 N–H and O–H groups in total. The van der Waals surface area contributed by atoms with Crippen molar-refractivity contribution in [3.8, 4) is 0 Å². The first-order valence-electron chi connectivity index (χ1n) is 9.00. The molecule has 1 atom stereocenters. The van der Waals surface area contributed by atoms with Gasteiger partial charge in [-0.2, -0.15) is 0 Å². The van der Waals surface area contributed by atoms with E-state index in [0.29, 0.717) is 0 Å². The van der Waals surface area contributed by atoms with E-state index in [9.17, 15) is 0 Å². The third-order valence-corrected chi connectivity index (χ3v) is 8.65. The van der Waals surface area contributed by atoms with Crippen LogP contribution < -0.4 is 0 Å². The van der Waals surface area contributed by atoms with Crippen LogP contribution >= 0.6 is 0 Å². The highest BCUT2D eigenvalue weighted by molar-refractivity contribution is 6.61. The maximum absolute atomic E-state index is 4.39. The summed E-state index contributed by atoms with van der Waals surface area (Å²) in [5.74, 6) is 0. The fourth-order valence-corrected chi connectivity index (χ4v) is 7.16. The molecule has 0 aliphatic heterocycles. The molecule has 3 rings (SSSR count). The van der Waals surface area contributed by atoms with Crippen LogP contribution in [0.2, 0.25) is 12.6 Å². The van der Waals surface area contributed by atoms with Crippen molar-refractivity contribution in [2.75, 3.05) is 0 Å². The molecule has 0 saturated heterocycles. The van der Waals surface area contributed by atoms with E-state index >= 15 is 0 Å². The molecule has 1 unspecified atom stereocenters. The number of imidazole rings is 1. The molecule has 0 spiro atoms. The summed E-state index contributed by atoms with van der Waals surface area (Å²) in [4.78, 5) is 4.39. The molecular weight excluding hydrogens is 320 g/mol. The van der Waals surface area contributed by atoms with Gasteiger partial charge in [0.2, 0.25) is 0 Å². The van der Waals surface area contributed by atoms with Crippen molar-refractivity contribution < 1.29 is 0 Å². The Morgan fingerprint density at radius 1 is 1.00 bits per heavy atom. The molecule has 0 bridgehead atoms. The van der Waals surface area contributed by atoms with Gasteiger partial charge in [0.25, 0.3) is 0 Å². The van der Waals surface area contributed by atoms with Crippen LogP contribution in [0.1, 0.15) is 24.5 Å². The Morgan fingerprint density at radius 2 is 1.60 bits per heavy atom. The highest BCUT2D eigenvalue weighted by Gasteiger charge is 2.41. The predicted molar refractivity (Wildman–Crippen MR) is 109 cm³/mol. The molecule has 0 radical (unpaired) electrons. The molecule has 0 saturated carbocycles. The van der Waals surface area contributed by atoms with Gasteiger partial charge in [0.05, 0.1) is 20.3 Å². The van der Waals surface area contributed by atoms with Crippen molar-refractivity contribution in [2.24, 2.45) is 0 Å². The summed E-state index contributed by atoms with van der Waals surface area (Å²) in [5.41, 5.74) is 2.72. The Labute approximate surface area is 152 Å². The van der Waals surface area contributed by atoms with Crippen molar-refractivity contribution >= 4 is 8.80 Å². The van der Waals surface area contributed by atoms with E-state index in [2.05, 4.69) is 102 Å². The second kappa shape index (κ2) is 8.12. The Kier molecular flexibility index (Phi) is 5.66. The van der Waals surface area contributed by atoms with Gasteiger partial charge in [0.1, 0.15) is 0 Å². The van der Waals surface area contributed by atoms with Crippen LogP contribution in [-0.2, 0) is 5.16 Å². The number of aromatic nitrogens is 2. The van der Waals surface area contributed by atoms with Gasteiger partial charge in [0.15, 0.2) is 0 Å². The van der Waals surface area contributed by atoms with E-state index in [1.807, 2.05) is 12.5 Å². The Bertz CT molecular complexity index is 740. The lowest BCUT2D eigenvalue weighted by Crippen LogP contribution is -2.48. The van der Waals surface area contributed by atoms with Crippen LogP contribution in [0.25, 0.3) is 0 Å². The second-order valence-corrected chi connectivity index (χ2v) is 9.73. The Balaban J connectivity index is 2.21. The number of allylic oxidation sites excluding steroid dienone is 2. The summed E-state index contributed by atoms with van der Waals surface area (Å²) < 4.78 is 2.34. The van der Waals surface area contributed by atoms with Gasteiger partial charge in [0, 0.05) is 12.4 Å². The van der Waals surface area contributed by atoms with Crippen molar-refractivity contribution in [2.45, 2.75) is 31.1 Å². The van der Waals surface area contributed by atoms with Crippen molar-refractivity contribution in [1.29, 1.82) is 0 Å². The number of hydrogen-bond donors (Lipinski definition) is 0. The quantitative estimate of drug-likeness (QED) is 0.433. The van der Waals surface area contributed by atoms with Gasteiger partial charge in [-0.25, -0.2) is 4.98 Å². The zero-order valence-electron chi connectivity index (χ0n) is 15.0. The van der Waals surface area contributed by atoms with E-state index in [1.54, 1.807) is 0 Å². The fraction of sp³-hybridized carbons (Fsp3) is 0.227. The summed E-state index contributed by atoms with van der Waals surface area (Å²) in [6, 6.07) is 23.1. The van der Waals surface area contributed by atoms with E-state index < -0.39 is 8.80 Å². The third-order valence-electron chi connectivity index (χ3n) is 5.05. The molecular formula is C22H26N2Si. The van der Waals surface area contributed by atoms with Gasteiger partial charge in [-0.1, -0.05) is 85.4 Å². The van der Waals surface area contributed by atoms with Crippen molar-refractivity contribution in [3.63, 3.8) is 0 Å². The molecule has 2 aromatic carbocycles. The molecule has 1 heterocycles. The Hall–Kier alpha value is -2.39. The van der Waals surface area contributed by atoms with Crippen molar-refractivity contribution in [1.82, 2.24) is 9.55 Å². The molecule has 1 aromatic heterocycles. The summed E-state index contributed by atoms with van der Waals surface area (Å²) in [5, 5.41) is -0.124. The molecule has 3 heteroatoms. The van der Waals surface area contributed by atoms with E-state index in [0.717, 1.165) is 6.42 Å². The normalized spacial score (nSPS) is 13.2. The van der Waals surface area contributed by atoms with Gasteiger partial charge in [-0.15, -0.1) is 0 Å². The van der Waals surface area contributed by atoms with Gasteiger partial charge in [-0.3, -0.25) is 0 Å². The minimum absolute atomic E-state index is 0.124. The molecule has 0 aliphatic rings. The number of hydrogen-bond acceptors (Lipinski definition) is 1. The first kappa shape index (κ1) is 17.4. The second-order valence-electron chi connectivity index (χ2n) is 6.52. The van der Waals surface area contributed by atoms with Gasteiger partial charge >= 0.3 is 0 Å². The van der Waals surface area contributed by atoms with Crippen LogP contribution in [-0.4, -0.2) is 18.3 Å². The predicted octanol–water partition coefficient (Wildman–Crippen LogP) is 5.04. The highest BCUT2D eigenvalue weighted by atomic mass is 28.3. The third kappa shape index (κ3) is 3.38. The average molecular weight is 347 g/mol. The van der Waals surface area contributed by atoms with Crippen LogP contribution in [0.3, 0.4) is 0 Å². The smallest absolute Gasteiger partial charge is 0.0954 e. The molecule has 2 nitrogen and oxygen atoms in total. The number of rotatable bonds is 7. The van der Waals surface area contributed by atoms with Crippen LogP contribution in [0.5, 0.6) is 0 Å². The zero-order chi connectivity index (χ0) is 17.5. The highest BCUT2D eigenvalue weighted by Crippen LogP contribution is 2.38. The van der Waals surface area contributed by atoms with Crippen LogP contribution in [0.15, 0.2) is 91.5 Å².